The van der Waals surface area contributed by atoms with Gasteiger partial charge in [0.2, 0.25) is 5.88 Å². The minimum absolute atomic E-state index is 0.346. The van der Waals surface area contributed by atoms with E-state index in [9.17, 15) is 0 Å². The maximum atomic E-state index is 5.73. The quantitative estimate of drug-likeness (QED) is 0.810. The first kappa shape index (κ1) is 10.3. The Morgan fingerprint density at radius 2 is 2.23 bits per heavy atom. The SMILES string of the molecule is CC(C)(N)COc1ccc(Cl)cn1. The molecule has 4 heteroatoms. The number of rotatable bonds is 3. The van der Waals surface area contributed by atoms with Crippen LogP contribution in [0.2, 0.25) is 5.02 Å². The molecule has 72 valence electrons. The van der Waals surface area contributed by atoms with Crippen LogP contribution >= 0.6 is 11.6 Å². The average molecular weight is 201 g/mol. The van der Waals surface area contributed by atoms with Gasteiger partial charge in [0.1, 0.15) is 6.61 Å². The molecule has 0 saturated carbocycles. The molecule has 0 bridgehead atoms. The summed E-state index contributed by atoms with van der Waals surface area (Å²) in [6.07, 6.45) is 1.54. The largest absolute Gasteiger partial charge is 0.476 e. The minimum Gasteiger partial charge on any atom is -0.476 e. The van der Waals surface area contributed by atoms with Gasteiger partial charge in [0.25, 0.3) is 0 Å². The van der Waals surface area contributed by atoms with E-state index in [2.05, 4.69) is 4.98 Å². The summed E-state index contributed by atoms with van der Waals surface area (Å²) in [6, 6.07) is 3.45. The second-order valence-electron chi connectivity index (χ2n) is 3.59. The highest BCUT2D eigenvalue weighted by Crippen LogP contribution is 2.12. The molecule has 0 fully saturated rings. The third-order valence-corrected chi connectivity index (χ3v) is 1.52. The molecule has 2 N–H and O–H groups in total. The summed E-state index contributed by atoms with van der Waals surface area (Å²) in [5.41, 5.74) is 5.39. The molecule has 0 unspecified atom stereocenters. The number of ether oxygens (including phenoxy) is 1. The van der Waals surface area contributed by atoms with Crippen molar-refractivity contribution < 1.29 is 4.74 Å². The Morgan fingerprint density at radius 3 is 2.69 bits per heavy atom. The summed E-state index contributed by atoms with van der Waals surface area (Å²) in [7, 11) is 0. The van der Waals surface area contributed by atoms with E-state index in [0.717, 1.165) is 0 Å². The van der Waals surface area contributed by atoms with Gasteiger partial charge in [0.05, 0.1) is 5.02 Å². The lowest BCUT2D eigenvalue weighted by atomic mass is 10.1. The van der Waals surface area contributed by atoms with Gasteiger partial charge in [-0.1, -0.05) is 11.6 Å². The Balaban J connectivity index is 2.51. The zero-order valence-corrected chi connectivity index (χ0v) is 8.51. The van der Waals surface area contributed by atoms with Gasteiger partial charge in [-0.3, -0.25) is 0 Å². The monoisotopic (exact) mass is 200 g/mol. The van der Waals surface area contributed by atoms with Crippen molar-refractivity contribution in [3.8, 4) is 5.88 Å². The molecular weight excluding hydrogens is 188 g/mol. The highest BCUT2D eigenvalue weighted by atomic mass is 35.5. The van der Waals surface area contributed by atoms with Gasteiger partial charge in [-0.25, -0.2) is 4.98 Å². The summed E-state index contributed by atoms with van der Waals surface area (Å²) in [5.74, 6) is 0.544. The molecule has 0 amide bonds. The third-order valence-electron chi connectivity index (χ3n) is 1.29. The molecule has 0 aliphatic carbocycles. The van der Waals surface area contributed by atoms with E-state index in [1.54, 1.807) is 18.3 Å². The fraction of sp³-hybridized carbons (Fsp3) is 0.444. The molecule has 0 aliphatic rings. The van der Waals surface area contributed by atoms with Gasteiger partial charge in [0, 0.05) is 17.8 Å². The van der Waals surface area contributed by atoms with Crippen molar-refractivity contribution in [2.45, 2.75) is 19.4 Å². The van der Waals surface area contributed by atoms with Crippen LogP contribution in [0.3, 0.4) is 0 Å². The van der Waals surface area contributed by atoms with Crippen LogP contribution < -0.4 is 10.5 Å². The van der Waals surface area contributed by atoms with E-state index >= 15 is 0 Å². The lowest BCUT2D eigenvalue weighted by Crippen LogP contribution is -2.38. The van der Waals surface area contributed by atoms with Crippen LogP contribution in [-0.4, -0.2) is 17.1 Å². The molecule has 0 atom stereocenters. The molecule has 1 rings (SSSR count). The Hall–Kier alpha value is -0.800. The molecule has 1 aromatic heterocycles. The Labute approximate surface area is 82.9 Å². The fourth-order valence-electron chi connectivity index (χ4n) is 0.708. The summed E-state index contributed by atoms with van der Waals surface area (Å²) >= 11 is 5.66. The van der Waals surface area contributed by atoms with E-state index in [-0.39, 0.29) is 5.54 Å². The van der Waals surface area contributed by atoms with Crippen molar-refractivity contribution in [1.82, 2.24) is 4.98 Å². The molecule has 1 aromatic rings. The summed E-state index contributed by atoms with van der Waals surface area (Å²) in [6.45, 7) is 4.22. The number of nitrogens with two attached hydrogens (primary N) is 1. The van der Waals surface area contributed by atoms with Crippen molar-refractivity contribution >= 4 is 11.6 Å². The van der Waals surface area contributed by atoms with Gasteiger partial charge in [0.15, 0.2) is 0 Å². The molecule has 0 aromatic carbocycles. The first-order valence-corrected chi connectivity index (χ1v) is 4.38. The predicted molar refractivity (Wildman–Crippen MR) is 53.0 cm³/mol. The number of hydrogen-bond donors (Lipinski definition) is 1. The number of nitrogens with zero attached hydrogens (tertiary/aromatic N) is 1. The van der Waals surface area contributed by atoms with Crippen molar-refractivity contribution in [2.75, 3.05) is 6.61 Å². The summed E-state index contributed by atoms with van der Waals surface area (Å²) < 4.78 is 5.33. The molecule has 13 heavy (non-hydrogen) atoms. The van der Waals surface area contributed by atoms with Gasteiger partial charge < -0.3 is 10.5 Å². The van der Waals surface area contributed by atoms with Gasteiger partial charge in [-0.2, -0.15) is 0 Å². The van der Waals surface area contributed by atoms with Crippen LogP contribution in [0, 0.1) is 0 Å². The number of aromatic nitrogens is 1. The maximum absolute atomic E-state index is 5.73. The topological polar surface area (TPSA) is 48.1 Å². The molecule has 0 radical (unpaired) electrons. The van der Waals surface area contributed by atoms with Crippen LogP contribution in [0.25, 0.3) is 0 Å². The van der Waals surface area contributed by atoms with E-state index < -0.39 is 0 Å². The van der Waals surface area contributed by atoms with Crippen LogP contribution in [-0.2, 0) is 0 Å². The first-order chi connectivity index (χ1) is 5.97. The molecule has 1 heterocycles. The smallest absolute Gasteiger partial charge is 0.213 e. The Kier molecular flexibility index (Phi) is 3.12. The standard InChI is InChI=1S/C9H13ClN2O/c1-9(2,11)6-13-8-4-3-7(10)5-12-8/h3-5H,6,11H2,1-2H3. The number of pyridine rings is 1. The first-order valence-electron chi connectivity index (χ1n) is 4.01. The van der Waals surface area contributed by atoms with Gasteiger partial charge in [-0.15, -0.1) is 0 Å². The molecule has 0 spiro atoms. The van der Waals surface area contributed by atoms with Gasteiger partial charge >= 0.3 is 0 Å². The van der Waals surface area contributed by atoms with E-state index in [1.807, 2.05) is 13.8 Å². The summed E-state index contributed by atoms with van der Waals surface area (Å²) in [4.78, 5) is 3.97. The van der Waals surface area contributed by atoms with Crippen molar-refractivity contribution in [3.05, 3.63) is 23.4 Å². The normalized spacial score (nSPS) is 11.4. The van der Waals surface area contributed by atoms with Crippen LogP contribution in [0.15, 0.2) is 18.3 Å². The number of halogens is 1. The van der Waals surface area contributed by atoms with Crippen LogP contribution in [0.4, 0.5) is 0 Å². The highest BCUT2D eigenvalue weighted by Gasteiger charge is 2.11. The minimum atomic E-state index is -0.346. The van der Waals surface area contributed by atoms with Gasteiger partial charge in [-0.05, 0) is 19.9 Å². The molecule has 3 nitrogen and oxygen atoms in total. The van der Waals surface area contributed by atoms with Crippen molar-refractivity contribution in [1.29, 1.82) is 0 Å². The van der Waals surface area contributed by atoms with Crippen LogP contribution in [0.5, 0.6) is 5.88 Å². The van der Waals surface area contributed by atoms with Crippen molar-refractivity contribution in [2.24, 2.45) is 5.73 Å². The molecular formula is C9H13ClN2O. The fourth-order valence-corrected chi connectivity index (χ4v) is 0.819. The van der Waals surface area contributed by atoms with Crippen molar-refractivity contribution in [3.63, 3.8) is 0 Å². The zero-order chi connectivity index (χ0) is 9.90. The highest BCUT2D eigenvalue weighted by molar-refractivity contribution is 6.30. The number of hydrogen-bond acceptors (Lipinski definition) is 3. The van der Waals surface area contributed by atoms with E-state index in [0.29, 0.717) is 17.5 Å². The lowest BCUT2D eigenvalue weighted by molar-refractivity contribution is 0.235. The van der Waals surface area contributed by atoms with E-state index in [4.69, 9.17) is 22.1 Å². The molecule has 0 aliphatic heterocycles. The summed E-state index contributed by atoms with van der Waals surface area (Å²) in [5, 5.41) is 0.597. The van der Waals surface area contributed by atoms with E-state index in [1.165, 1.54) is 0 Å². The Bertz CT molecular complexity index is 266. The lowest BCUT2D eigenvalue weighted by Gasteiger charge is -2.18. The zero-order valence-electron chi connectivity index (χ0n) is 7.75. The maximum Gasteiger partial charge on any atom is 0.213 e. The average Bonchev–Trinajstić information content (AvgIpc) is 2.02. The second-order valence-corrected chi connectivity index (χ2v) is 4.03. The Morgan fingerprint density at radius 1 is 1.54 bits per heavy atom. The molecule has 0 saturated heterocycles. The predicted octanol–water partition coefficient (Wildman–Crippen LogP) is 1.85. The third kappa shape index (κ3) is 4.10. The second kappa shape index (κ2) is 3.94. The van der Waals surface area contributed by atoms with Crippen LogP contribution in [0.1, 0.15) is 13.8 Å².